The Kier molecular flexibility index (Phi) is 3.00. The fourth-order valence-electron chi connectivity index (χ4n) is 1.16. The summed E-state index contributed by atoms with van der Waals surface area (Å²) in [6.07, 6.45) is 0.964. The fraction of sp³-hybridized carbons (Fsp3) is 0. The highest BCUT2D eigenvalue weighted by Crippen LogP contribution is 2.16. The minimum absolute atomic E-state index is 0.0350. The number of carbonyl (C=O) groups is 1. The molecule has 0 amide bonds. The van der Waals surface area contributed by atoms with Crippen LogP contribution in [0.4, 0.5) is 4.39 Å². The molecule has 0 aliphatic carbocycles. The number of rotatable bonds is 2. The molecule has 4 nitrogen and oxygen atoms in total. The predicted octanol–water partition coefficient (Wildman–Crippen LogP) is 2.00. The molecule has 0 unspecified atom stereocenters. The van der Waals surface area contributed by atoms with Crippen molar-refractivity contribution in [2.24, 2.45) is 0 Å². The van der Waals surface area contributed by atoms with Gasteiger partial charge in [-0.3, -0.25) is 0 Å². The van der Waals surface area contributed by atoms with Crippen molar-refractivity contribution >= 4 is 5.97 Å². The fourth-order valence-corrected chi connectivity index (χ4v) is 1.16. The Bertz CT molecular complexity index is 583. The number of para-hydroxylation sites is 1. The molecule has 0 saturated heterocycles. The highest BCUT2D eigenvalue weighted by molar-refractivity contribution is 5.90. The third kappa shape index (κ3) is 2.57. The van der Waals surface area contributed by atoms with E-state index in [4.69, 9.17) is 4.74 Å². The minimum Gasteiger partial charge on any atom is -0.430 e. The standard InChI is InChI=1S/C12H7FO4/c13-9-3-1-2-4-10(9)17-12(15)8-5-6-11(14)16-7-8/h1-7H. The van der Waals surface area contributed by atoms with E-state index in [1.54, 1.807) is 0 Å². The Morgan fingerprint density at radius 1 is 1.18 bits per heavy atom. The second kappa shape index (κ2) is 4.61. The number of esters is 1. The zero-order valence-corrected chi connectivity index (χ0v) is 8.55. The number of hydrogen-bond donors (Lipinski definition) is 0. The summed E-state index contributed by atoms with van der Waals surface area (Å²) in [4.78, 5) is 22.2. The van der Waals surface area contributed by atoms with Crippen LogP contribution in [0.3, 0.4) is 0 Å². The maximum atomic E-state index is 13.2. The molecule has 0 N–H and O–H groups in total. The van der Waals surface area contributed by atoms with Crippen LogP contribution in [0.25, 0.3) is 0 Å². The van der Waals surface area contributed by atoms with E-state index in [0.29, 0.717) is 0 Å². The summed E-state index contributed by atoms with van der Waals surface area (Å²) in [6, 6.07) is 7.85. The Balaban J connectivity index is 2.20. The zero-order chi connectivity index (χ0) is 12.3. The van der Waals surface area contributed by atoms with Crippen molar-refractivity contribution in [2.45, 2.75) is 0 Å². The van der Waals surface area contributed by atoms with Gasteiger partial charge in [-0.2, -0.15) is 0 Å². The van der Waals surface area contributed by atoms with E-state index in [2.05, 4.69) is 4.42 Å². The van der Waals surface area contributed by atoms with Gasteiger partial charge in [-0.05, 0) is 18.2 Å². The quantitative estimate of drug-likeness (QED) is 0.589. The molecule has 2 rings (SSSR count). The molecule has 0 saturated carbocycles. The van der Waals surface area contributed by atoms with Crippen LogP contribution in [0.5, 0.6) is 5.75 Å². The van der Waals surface area contributed by atoms with Gasteiger partial charge < -0.3 is 9.15 Å². The zero-order valence-electron chi connectivity index (χ0n) is 8.55. The molecular weight excluding hydrogens is 227 g/mol. The predicted molar refractivity (Wildman–Crippen MR) is 56.3 cm³/mol. The normalized spacial score (nSPS) is 9.94. The molecule has 1 aromatic heterocycles. The monoisotopic (exact) mass is 234 g/mol. The second-order valence-corrected chi connectivity index (χ2v) is 3.16. The van der Waals surface area contributed by atoms with Crippen molar-refractivity contribution in [1.29, 1.82) is 0 Å². The second-order valence-electron chi connectivity index (χ2n) is 3.16. The maximum Gasteiger partial charge on any atom is 0.346 e. The summed E-state index contributed by atoms with van der Waals surface area (Å²) in [7, 11) is 0. The molecule has 1 aromatic carbocycles. The molecule has 17 heavy (non-hydrogen) atoms. The topological polar surface area (TPSA) is 56.5 Å². The largest absolute Gasteiger partial charge is 0.430 e. The first kappa shape index (κ1) is 11.1. The van der Waals surface area contributed by atoms with E-state index >= 15 is 0 Å². The third-order valence-corrected chi connectivity index (χ3v) is 1.98. The van der Waals surface area contributed by atoms with Gasteiger partial charge in [-0.15, -0.1) is 0 Å². The van der Waals surface area contributed by atoms with Gasteiger partial charge in [0, 0.05) is 6.07 Å². The molecule has 86 valence electrons. The van der Waals surface area contributed by atoms with Crippen molar-refractivity contribution in [1.82, 2.24) is 0 Å². The van der Waals surface area contributed by atoms with Gasteiger partial charge in [0.25, 0.3) is 0 Å². The van der Waals surface area contributed by atoms with Crippen LogP contribution in [0.15, 0.2) is 51.9 Å². The summed E-state index contributed by atoms with van der Waals surface area (Å²) in [5, 5.41) is 0. The lowest BCUT2D eigenvalue weighted by Crippen LogP contribution is -2.10. The molecule has 1 heterocycles. The molecule has 0 fully saturated rings. The number of carbonyl (C=O) groups excluding carboxylic acids is 1. The number of hydrogen-bond acceptors (Lipinski definition) is 4. The van der Waals surface area contributed by atoms with Gasteiger partial charge in [0.2, 0.25) is 0 Å². The summed E-state index contributed by atoms with van der Waals surface area (Å²) in [6.45, 7) is 0. The van der Waals surface area contributed by atoms with Crippen LogP contribution in [-0.2, 0) is 0 Å². The van der Waals surface area contributed by atoms with Gasteiger partial charge in [-0.25, -0.2) is 14.0 Å². The molecule has 0 bridgehead atoms. The number of halogens is 1. The SMILES string of the molecule is O=C(Oc1ccccc1F)c1ccc(=O)oc1. The van der Waals surface area contributed by atoms with Gasteiger partial charge >= 0.3 is 11.6 Å². The molecule has 0 spiro atoms. The summed E-state index contributed by atoms with van der Waals surface area (Å²) < 4.78 is 22.5. The lowest BCUT2D eigenvalue weighted by Gasteiger charge is -2.03. The van der Waals surface area contributed by atoms with Gasteiger partial charge in [0.1, 0.15) is 6.26 Å². The summed E-state index contributed by atoms with van der Waals surface area (Å²) in [5.74, 6) is -1.61. The highest BCUT2D eigenvalue weighted by atomic mass is 19.1. The average Bonchev–Trinajstić information content (AvgIpc) is 2.33. The first-order valence-electron chi connectivity index (χ1n) is 4.72. The number of ether oxygens (including phenoxy) is 1. The van der Waals surface area contributed by atoms with E-state index in [9.17, 15) is 14.0 Å². The van der Waals surface area contributed by atoms with Crippen molar-refractivity contribution < 1.29 is 18.3 Å². The molecule has 0 radical (unpaired) electrons. The van der Waals surface area contributed by atoms with Gasteiger partial charge in [0.15, 0.2) is 11.6 Å². The minimum atomic E-state index is -0.793. The smallest absolute Gasteiger partial charge is 0.346 e. The average molecular weight is 234 g/mol. The Labute approximate surface area is 95.3 Å². The lowest BCUT2D eigenvalue weighted by atomic mass is 10.3. The van der Waals surface area contributed by atoms with E-state index in [-0.39, 0.29) is 11.3 Å². The first-order valence-corrected chi connectivity index (χ1v) is 4.72. The molecule has 0 aliphatic rings. The van der Waals surface area contributed by atoms with Crippen LogP contribution < -0.4 is 10.4 Å². The number of benzene rings is 1. The summed E-state index contributed by atoms with van der Waals surface area (Å²) >= 11 is 0. The van der Waals surface area contributed by atoms with E-state index in [0.717, 1.165) is 12.3 Å². The Morgan fingerprint density at radius 2 is 1.94 bits per heavy atom. The van der Waals surface area contributed by atoms with Crippen molar-refractivity contribution in [2.75, 3.05) is 0 Å². The summed E-state index contributed by atoms with van der Waals surface area (Å²) in [5.41, 5.74) is -0.541. The van der Waals surface area contributed by atoms with Gasteiger partial charge in [-0.1, -0.05) is 12.1 Å². The molecule has 0 atom stereocenters. The lowest BCUT2D eigenvalue weighted by molar-refractivity contribution is 0.0725. The Morgan fingerprint density at radius 3 is 2.59 bits per heavy atom. The highest BCUT2D eigenvalue weighted by Gasteiger charge is 2.11. The van der Waals surface area contributed by atoms with Crippen molar-refractivity contribution in [3.8, 4) is 5.75 Å². The molecule has 0 aliphatic heterocycles. The van der Waals surface area contributed by atoms with Crippen LogP contribution >= 0.6 is 0 Å². The third-order valence-electron chi connectivity index (χ3n) is 1.98. The van der Waals surface area contributed by atoms with Crippen LogP contribution in [-0.4, -0.2) is 5.97 Å². The first-order chi connectivity index (χ1) is 8.16. The van der Waals surface area contributed by atoms with Crippen molar-refractivity contribution in [3.05, 3.63) is 64.5 Å². The van der Waals surface area contributed by atoms with Crippen LogP contribution in [0.2, 0.25) is 0 Å². The molecular formula is C12H7FO4. The van der Waals surface area contributed by atoms with E-state index in [1.807, 2.05) is 0 Å². The van der Waals surface area contributed by atoms with Crippen LogP contribution in [0.1, 0.15) is 10.4 Å². The van der Waals surface area contributed by atoms with E-state index < -0.39 is 17.4 Å². The van der Waals surface area contributed by atoms with Crippen LogP contribution in [0, 0.1) is 5.82 Å². The van der Waals surface area contributed by atoms with Crippen molar-refractivity contribution in [3.63, 3.8) is 0 Å². The molecule has 2 aromatic rings. The maximum absolute atomic E-state index is 13.2. The van der Waals surface area contributed by atoms with Gasteiger partial charge in [0.05, 0.1) is 5.56 Å². The Hall–Kier alpha value is -2.43. The molecule has 5 heteroatoms. The van der Waals surface area contributed by atoms with E-state index in [1.165, 1.54) is 30.3 Å².